The van der Waals surface area contributed by atoms with Crippen molar-refractivity contribution in [3.8, 4) is 0 Å². The van der Waals surface area contributed by atoms with Gasteiger partial charge in [-0.05, 0) is 48.1 Å². The number of carbonyl (C=O) groups excluding carboxylic acids is 2. The van der Waals surface area contributed by atoms with E-state index in [1.807, 2.05) is 46.7 Å². The number of hydrogen-bond acceptors (Lipinski definition) is 4. The molecule has 4 rings (SSSR count). The first-order valence-corrected chi connectivity index (χ1v) is 11.5. The first-order chi connectivity index (χ1) is 14.2. The Kier molecular flexibility index (Phi) is 6.49. The van der Waals surface area contributed by atoms with Gasteiger partial charge in [0.2, 0.25) is 5.91 Å². The van der Waals surface area contributed by atoms with Crippen molar-refractivity contribution in [1.82, 2.24) is 4.90 Å². The van der Waals surface area contributed by atoms with Gasteiger partial charge in [-0.3, -0.25) is 9.59 Å². The van der Waals surface area contributed by atoms with E-state index in [-0.39, 0.29) is 5.91 Å². The average molecular weight is 412 g/mol. The molecule has 29 heavy (non-hydrogen) atoms. The van der Waals surface area contributed by atoms with Crippen molar-refractivity contribution in [2.75, 3.05) is 36.4 Å². The quantitative estimate of drug-likeness (QED) is 0.755. The lowest BCUT2D eigenvalue weighted by Gasteiger charge is -2.36. The van der Waals surface area contributed by atoms with Crippen LogP contribution >= 0.6 is 11.3 Å². The lowest BCUT2D eigenvalue weighted by molar-refractivity contribution is -0.131. The van der Waals surface area contributed by atoms with Crippen LogP contribution in [0.2, 0.25) is 0 Å². The SMILES string of the molecule is O=C(Nc1ccc(N2CCN(C(=O)CCC3CCCC3)CC2)cc1)c1cccs1. The number of rotatable bonds is 6. The Morgan fingerprint density at radius 2 is 1.72 bits per heavy atom. The Morgan fingerprint density at radius 3 is 2.38 bits per heavy atom. The zero-order chi connectivity index (χ0) is 20.1. The highest BCUT2D eigenvalue weighted by atomic mass is 32.1. The third-order valence-corrected chi connectivity index (χ3v) is 6.98. The van der Waals surface area contributed by atoms with E-state index in [0.717, 1.165) is 49.9 Å². The van der Waals surface area contributed by atoms with Crippen molar-refractivity contribution in [2.24, 2.45) is 5.92 Å². The van der Waals surface area contributed by atoms with Crippen molar-refractivity contribution in [3.63, 3.8) is 0 Å². The van der Waals surface area contributed by atoms with Gasteiger partial charge in [-0.1, -0.05) is 31.7 Å². The molecular weight excluding hydrogens is 382 g/mol. The summed E-state index contributed by atoms with van der Waals surface area (Å²) < 4.78 is 0. The average Bonchev–Trinajstić information content (AvgIpc) is 3.47. The fourth-order valence-corrected chi connectivity index (χ4v) is 4.97. The van der Waals surface area contributed by atoms with Crippen LogP contribution in [0, 0.1) is 5.92 Å². The maximum Gasteiger partial charge on any atom is 0.265 e. The highest BCUT2D eigenvalue weighted by Gasteiger charge is 2.23. The standard InChI is InChI=1S/C23H29N3O2S/c27-22(12-7-18-4-1-2-5-18)26-15-13-25(14-16-26)20-10-8-19(9-11-20)24-23(28)21-6-3-17-29-21/h3,6,8-11,17-18H,1-2,4-5,7,12-16H2,(H,24,28). The summed E-state index contributed by atoms with van der Waals surface area (Å²) in [7, 11) is 0. The molecule has 154 valence electrons. The number of nitrogens with one attached hydrogen (secondary N) is 1. The van der Waals surface area contributed by atoms with E-state index in [9.17, 15) is 9.59 Å². The van der Waals surface area contributed by atoms with Gasteiger partial charge in [0.15, 0.2) is 0 Å². The summed E-state index contributed by atoms with van der Waals surface area (Å²) in [6.07, 6.45) is 7.08. The fraction of sp³-hybridized carbons (Fsp3) is 0.478. The van der Waals surface area contributed by atoms with Crippen LogP contribution < -0.4 is 10.2 Å². The van der Waals surface area contributed by atoms with Gasteiger partial charge in [-0.15, -0.1) is 11.3 Å². The van der Waals surface area contributed by atoms with E-state index in [2.05, 4.69) is 10.2 Å². The Morgan fingerprint density at radius 1 is 1.00 bits per heavy atom. The summed E-state index contributed by atoms with van der Waals surface area (Å²) in [6.45, 7) is 3.30. The molecule has 0 bridgehead atoms. The maximum absolute atomic E-state index is 12.5. The number of carbonyl (C=O) groups is 2. The minimum atomic E-state index is -0.0718. The van der Waals surface area contributed by atoms with Crippen LogP contribution in [0.15, 0.2) is 41.8 Å². The molecule has 1 aliphatic carbocycles. The molecule has 0 radical (unpaired) electrons. The zero-order valence-electron chi connectivity index (χ0n) is 16.8. The molecule has 1 aromatic carbocycles. The van der Waals surface area contributed by atoms with Crippen LogP contribution in [0.3, 0.4) is 0 Å². The Labute approximate surface area is 176 Å². The molecular formula is C23H29N3O2S. The predicted molar refractivity (Wildman–Crippen MR) is 119 cm³/mol. The van der Waals surface area contributed by atoms with Crippen LogP contribution in [0.25, 0.3) is 0 Å². The Bertz CT molecular complexity index is 805. The highest BCUT2D eigenvalue weighted by molar-refractivity contribution is 7.12. The molecule has 1 N–H and O–H groups in total. The number of amides is 2. The van der Waals surface area contributed by atoms with Gasteiger partial charge in [-0.2, -0.15) is 0 Å². The molecule has 2 heterocycles. The van der Waals surface area contributed by atoms with Crippen LogP contribution in [-0.4, -0.2) is 42.9 Å². The Hall–Kier alpha value is -2.34. The third-order valence-electron chi connectivity index (χ3n) is 6.11. The van der Waals surface area contributed by atoms with Crippen LogP contribution in [0.1, 0.15) is 48.2 Å². The minimum absolute atomic E-state index is 0.0718. The lowest BCUT2D eigenvalue weighted by atomic mass is 10.0. The molecule has 6 heteroatoms. The minimum Gasteiger partial charge on any atom is -0.368 e. The molecule has 1 saturated carbocycles. The van der Waals surface area contributed by atoms with Crippen molar-refractivity contribution in [1.29, 1.82) is 0 Å². The molecule has 0 atom stereocenters. The van der Waals surface area contributed by atoms with Gasteiger partial charge >= 0.3 is 0 Å². The van der Waals surface area contributed by atoms with Crippen LogP contribution in [0.4, 0.5) is 11.4 Å². The normalized spacial score (nSPS) is 17.5. The largest absolute Gasteiger partial charge is 0.368 e. The molecule has 2 aliphatic rings. The summed E-state index contributed by atoms with van der Waals surface area (Å²) >= 11 is 1.44. The number of benzene rings is 1. The van der Waals surface area contributed by atoms with E-state index in [1.165, 1.54) is 37.0 Å². The van der Waals surface area contributed by atoms with Gasteiger partial charge in [-0.25, -0.2) is 0 Å². The van der Waals surface area contributed by atoms with Crippen molar-refractivity contribution in [2.45, 2.75) is 38.5 Å². The van der Waals surface area contributed by atoms with E-state index < -0.39 is 0 Å². The smallest absolute Gasteiger partial charge is 0.265 e. The van der Waals surface area contributed by atoms with Gasteiger partial charge in [0.25, 0.3) is 5.91 Å². The summed E-state index contributed by atoms with van der Waals surface area (Å²) in [5.74, 6) is 1.03. The third kappa shape index (κ3) is 5.18. The summed E-state index contributed by atoms with van der Waals surface area (Å²) in [5, 5.41) is 4.83. The first kappa shape index (κ1) is 20.0. The fourth-order valence-electron chi connectivity index (χ4n) is 4.35. The monoisotopic (exact) mass is 411 g/mol. The molecule has 0 spiro atoms. The van der Waals surface area contributed by atoms with Gasteiger partial charge in [0.1, 0.15) is 0 Å². The second kappa shape index (κ2) is 9.44. The molecule has 1 aromatic heterocycles. The van der Waals surface area contributed by atoms with Crippen LogP contribution in [0.5, 0.6) is 0 Å². The number of piperazine rings is 1. The number of hydrogen-bond donors (Lipinski definition) is 1. The van der Waals surface area contributed by atoms with Crippen molar-refractivity contribution < 1.29 is 9.59 Å². The van der Waals surface area contributed by atoms with Gasteiger partial charge in [0, 0.05) is 44.0 Å². The zero-order valence-corrected chi connectivity index (χ0v) is 17.6. The highest BCUT2D eigenvalue weighted by Crippen LogP contribution is 2.29. The summed E-state index contributed by atoms with van der Waals surface area (Å²) in [5.41, 5.74) is 1.94. The molecule has 2 aromatic rings. The number of nitrogens with zero attached hydrogens (tertiary/aromatic N) is 2. The molecule has 1 saturated heterocycles. The maximum atomic E-state index is 12.5. The topological polar surface area (TPSA) is 52.7 Å². The Balaban J connectivity index is 1.24. The van der Waals surface area contributed by atoms with Crippen LogP contribution in [-0.2, 0) is 4.79 Å². The molecule has 2 amide bonds. The molecule has 1 aliphatic heterocycles. The summed E-state index contributed by atoms with van der Waals surface area (Å²) in [4.78, 5) is 29.7. The van der Waals surface area contributed by atoms with E-state index in [0.29, 0.717) is 17.2 Å². The predicted octanol–water partition coefficient (Wildman–Crippen LogP) is 4.62. The summed E-state index contributed by atoms with van der Waals surface area (Å²) in [6, 6.07) is 11.7. The second-order valence-electron chi connectivity index (χ2n) is 8.04. The number of thiophene rings is 1. The molecule has 0 unspecified atom stereocenters. The number of anilines is 2. The first-order valence-electron chi connectivity index (χ1n) is 10.7. The second-order valence-corrected chi connectivity index (χ2v) is 8.98. The molecule has 2 fully saturated rings. The lowest BCUT2D eigenvalue weighted by Crippen LogP contribution is -2.48. The van der Waals surface area contributed by atoms with Gasteiger partial charge < -0.3 is 15.1 Å². The molecule has 5 nitrogen and oxygen atoms in total. The van der Waals surface area contributed by atoms with Gasteiger partial charge in [0.05, 0.1) is 4.88 Å². The van der Waals surface area contributed by atoms with E-state index >= 15 is 0 Å². The van der Waals surface area contributed by atoms with E-state index in [4.69, 9.17) is 0 Å². The van der Waals surface area contributed by atoms with Crippen molar-refractivity contribution in [3.05, 3.63) is 46.7 Å². The van der Waals surface area contributed by atoms with E-state index in [1.54, 1.807) is 0 Å². The van der Waals surface area contributed by atoms with Crippen molar-refractivity contribution >= 4 is 34.5 Å².